The van der Waals surface area contributed by atoms with Gasteiger partial charge in [0.15, 0.2) is 11.5 Å². The van der Waals surface area contributed by atoms with Crippen molar-refractivity contribution in [3.05, 3.63) is 16.6 Å². The lowest BCUT2D eigenvalue weighted by atomic mass is 9.88. The number of hydrogen-bond donors (Lipinski definition) is 1. The first-order valence-electron chi connectivity index (χ1n) is 6.14. The highest BCUT2D eigenvalue weighted by molar-refractivity contribution is 9.10. The van der Waals surface area contributed by atoms with E-state index in [4.69, 9.17) is 14.2 Å². The minimum atomic E-state index is -2.96. The molecule has 1 N–H and O–H groups in total. The topological polar surface area (TPSA) is 57.2 Å². The third-order valence-corrected chi connectivity index (χ3v) is 3.75. The van der Waals surface area contributed by atoms with Crippen molar-refractivity contribution in [3.8, 4) is 17.2 Å². The summed E-state index contributed by atoms with van der Waals surface area (Å²) < 4.78 is 45.5. The summed E-state index contributed by atoms with van der Waals surface area (Å²) in [7, 11) is 1.33. The summed E-state index contributed by atoms with van der Waals surface area (Å²) in [5.41, 5.74) is -0.468. The summed E-state index contributed by atoms with van der Waals surface area (Å²) in [5.74, 6) is 0.196. The molecule has 0 amide bonds. The van der Waals surface area contributed by atoms with Crippen LogP contribution in [0.15, 0.2) is 16.6 Å². The lowest BCUT2D eigenvalue weighted by Gasteiger charge is -2.39. The standard InChI is InChI=1S/C13H15BrF2O5/c1-18-11-9(21-12(15)16)3-2-8(14)10(11)20-7-13(4-17)5-19-6-13/h2-3,12,17H,4-7H2,1H3. The predicted octanol–water partition coefficient (Wildman–Crippen LogP) is 2.45. The average Bonchev–Trinajstić information content (AvgIpc) is 2.40. The monoisotopic (exact) mass is 368 g/mol. The van der Waals surface area contributed by atoms with Gasteiger partial charge in [-0.2, -0.15) is 8.78 Å². The molecule has 1 fully saturated rings. The van der Waals surface area contributed by atoms with Gasteiger partial charge in [0.05, 0.1) is 36.8 Å². The SMILES string of the molecule is COc1c(OC(F)F)ccc(Br)c1OCC1(CO)COC1. The summed E-state index contributed by atoms with van der Waals surface area (Å²) in [6.07, 6.45) is 0. The van der Waals surface area contributed by atoms with Gasteiger partial charge in [-0.25, -0.2) is 0 Å². The van der Waals surface area contributed by atoms with E-state index in [2.05, 4.69) is 20.7 Å². The Morgan fingerprint density at radius 2 is 2.10 bits per heavy atom. The molecule has 5 nitrogen and oxygen atoms in total. The van der Waals surface area contributed by atoms with Gasteiger partial charge >= 0.3 is 6.61 Å². The number of hydrogen-bond acceptors (Lipinski definition) is 5. The third kappa shape index (κ3) is 3.56. The molecule has 1 aliphatic rings. The highest BCUT2D eigenvalue weighted by atomic mass is 79.9. The molecule has 21 heavy (non-hydrogen) atoms. The highest BCUT2D eigenvalue weighted by Gasteiger charge is 2.39. The second-order valence-electron chi connectivity index (χ2n) is 4.73. The minimum Gasteiger partial charge on any atom is -0.490 e. The molecule has 1 heterocycles. The molecule has 1 saturated heterocycles. The van der Waals surface area contributed by atoms with Crippen molar-refractivity contribution in [3.63, 3.8) is 0 Å². The Bertz CT molecular complexity index is 488. The van der Waals surface area contributed by atoms with Crippen LogP contribution in [0.5, 0.6) is 17.2 Å². The van der Waals surface area contributed by atoms with Crippen LogP contribution < -0.4 is 14.2 Å². The van der Waals surface area contributed by atoms with E-state index in [1.54, 1.807) is 0 Å². The summed E-state index contributed by atoms with van der Waals surface area (Å²) >= 11 is 3.28. The molecule has 0 aromatic heterocycles. The second-order valence-corrected chi connectivity index (χ2v) is 5.58. The lowest BCUT2D eigenvalue weighted by Crippen LogP contribution is -2.49. The van der Waals surface area contributed by atoms with E-state index in [0.29, 0.717) is 17.7 Å². The Hall–Kier alpha value is -1.12. The van der Waals surface area contributed by atoms with E-state index in [-0.39, 0.29) is 30.5 Å². The van der Waals surface area contributed by atoms with Gasteiger partial charge in [-0.3, -0.25) is 0 Å². The second kappa shape index (κ2) is 6.76. The fourth-order valence-electron chi connectivity index (χ4n) is 1.87. The molecule has 1 aliphatic heterocycles. The van der Waals surface area contributed by atoms with Gasteiger partial charge in [0, 0.05) is 0 Å². The summed E-state index contributed by atoms with van der Waals surface area (Å²) in [4.78, 5) is 0. The Labute approximate surface area is 128 Å². The van der Waals surface area contributed by atoms with Crippen molar-refractivity contribution < 1.29 is 32.8 Å². The van der Waals surface area contributed by atoms with E-state index >= 15 is 0 Å². The van der Waals surface area contributed by atoms with Gasteiger partial charge in [0.1, 0.15) is 6.61 Å². The third-order valence-electron chi connectivity index (χ3n) is 3.12. The molecule has 1 aromatic carbocycles. The number of methoxy groups -OCH3 is 1. The highest BCUT2D eigenvalue weighted by Crippen LogP contribution is 2.44. The first kappa shape index (κ1) is 16.3. The molecule has 1 aromatic rings. The largest absolute Gasteiger partial charge is 0.490 e. The normalized spacial score (nSPS) is 16.5. The molecule has 118 valence electrons. The van der Waals surface area contributed by atoms with Crippen molar-refractivity contribution in [2.24, 2.45) is 5.41 Å². The van der Waals surface area contributed by atoms with E-state index in [1.807, 2.05) is 0 Å². The van der Waals surface area contributed by atoms with Crippen LogP contribution in [-0.2, 0) is 4.74 Å². The van der Waals surface area contributed by atoms with Crippen molar-refractivity contribution in [1.82, 2.24) is 0 Å². The molecular weight excluding hydrogens is 354 g/mol. The zero-order valence-corrected chi connectivity index (χ0v) is 12.9. The van der Waals surface area contributed by atoms with E-state index in [1.165, 1.54) is 19.2 Å². The zero-order chi connectivity index (χ0) is 15.5. The van der Waals surface area contributed by atoms with Crippen LogP contribution in [0, 0.1) is 5.41 Å². The van der Waals surface area contributed by atoms with Gasteiger partial charge < -0.3 is 24.1 Å². The molecule has 0 saturated carbocycles. The molecule has 2 rings (SSSR count). The molecule has 0 atom stereocenters. The van der Waals surface area contributed by atoms with Crippen LogP contribution in [0.4, 0.5) is 8.78 Å². The summed E-state index contributed by atoms with van der Waals surface area (Å²) in [5, 5.41) is 9.36. The molecule has 0 spiro atoms. The number of halogens is 3. The maximum atomic E-state index is 12.4. The van der Waals surface area contributed by atoms with Crippen molar-refractivity contribution in [2.75, 3.05) is 33.5 Å². The van der Waals surface area contributed by atoms with E-state index < -0.39 is 12.0 Å². The maximum Gasteiger partial charge on any atom is 0.387 e. The predicted molar refractivity (Wildman–Crippen MR) is 73.2 cm³/mol. The number of aliphatic hydroxyl groups excluding tert-OH is 1. The van der Waals surface area contributed by atoms with E-state index in [0.717, 1.165) is 0 Å². The van der Waals surface area contributed by atoms with Gasteiger partial charge in [-0.05, 0) is 28.1 Å². The average molecular weight is 369 g/mol. The molecular formula is C13H15BrF2O5. The minimum absolute atomic E-state index is 0.0676. The Kier molecular flexibility index (Phi) is 5.23. The molecule has 0 bridgehead atoms. The fraction of sp³-hybridized carbons (Fsp3) is 0.538. The zero-order valence-electron chi connectivity index (χ0n) is 11.3. The molecule has 0 aliphatic carbocycles. The van der Waals surface area contributed by atoms with Crippen LogP contribution in [0.1, 0.15) is 0 Å². The molecule has 0 unspecified atom stereocenters. The van der Waals surface area contributed by atoms with E-state index in [9.17, 15) is 13.9 Å². The lowest BCUT2D eigenvalue weighted by molar-refractivity contribution is -0.153. The van der Waals surface area contributed by atoms with Gasteiger partial charge in [-0.1, -0.05) is 0 Å². The fourth-order valence-corrected chi connectivity index (χ4v) is 2.30. The van der Waals surface area contributed by atoms with Crippen LogP contribution in [0.3, 0.4) is 0 Å². The van der Waals surface area contributed by atoms with Crippen molar-refractivity contribution >= 4 is 15.9 Å². The van der Waals surface area contributed by atoms with Crippen LogP contribution in [-0.4, -0.2) is 45.3 Å². The van der Waals surface area contributed by atoms with Gasteiger partial charge in [0.25, 0.3) is 0 Å². The number of benzene rings is 1. The van der Waals surface area contributed by atoms with Crippen LogP contribution in [0.25, 0.3) is 0 Å². The number of aliphatic hydroxyl groups is 1. The first-order chi connectivity index (χ1) is 10.0. The Morgan fingerprint density at radius 3 is 2.57 bits per heavy atom. The summed E-state index contributed by atoms with van der Waals surface area (Å²) in [6.45, 7) is -2.10. The van der Waals surface area contributed by atoms with Gasteiger partial charge in [0.2, 0.25) is 5.75 Å². The number of rotatable bonds is 7. The Balaban J connectivity index is 2.20. The quantitative estimate of drug-likeness (QED) is 0.800. The summed E-state index contributed by atoms with van der Waals surface area (Å²) in [6, 6.07) is 2.88. The first-order valence-corrected chi connectivity index (χ1v) is 6.93. The number of alkyl halides is 2. The van der Waals surface area contributed by atoms with Crippen molar-refractivity contribution in [2.45, 2.75) is 6.61 Å². The smallest absolute Gasteiger partial charge is 0.387 e. The number of ether oxygens (including phenoxy) is 4. The molecule has 8 heteroatoms. The van der Waals surface area contributed by atoms with Gasteiger partial charge in [-0.15, -0.1) is 0 Å². The van der Waals surface area contributed by atoms with Crippen LogP contribution in [0.2, 0.25) is 0 Å². The van der Waals surface area contributed by atoms with Crippen LogP contribution >= 0.6 is 15.9 Å². The Morgan fingerprint density at radius 1 is 1.38 bits per heavy atom. The maximum absolute atomic E-state index is 12.4. The van der Waals surface area contributed by atoms with Crippen molar-refractivity contribution in [1.29, 1.82) is 0 Å². The molecule has 0 radical (unpaired) electrons.